The Hall–Kier alpha value is -2.01. The quantitative estimate of drug-likeness (QED) is 0.801. The molecule has 2 unspecified atom stereocenters. The van der Waals surface area contributed by atoms with Gasteiger partial charge in [-0.1, -0.05) is 12.1 Å². The van der Waals surface area contributed by atoms with Crippen LogP contribution in [0.2, 0.25) is 0 Å². The Morgan fingerprint density at radius 2 is 2.05 bits per heavy atom. The van der Waals surface area contributed by atoms with Crippen molar-refractivity contribution in [1.29, 1.82) is 0 Å². The standard InChI is InChI=1S/C15H19N3O2/c1-10-2-7-13(20-10)9-16-12-5-3-11(4-6-12)14-8-15(19)18-17-14/h3-6,8,10,13,16H,2,7,9H2,1H3,(H2,17,18,19). The van der Waals surface area contributed by atoms with Crippen molar-refractivity contribution in [3.8, 4) is 11.3 Å². The van der Waals surface area contributed by atoms with Gasteiger partial charge in [-0.15, -0.1) is 0 Å². The van der Waals surface area contributed by atoms with Crippen molar-refractivity contribution in [2.24, 2.45) is 0 Å². The minimum Gasteiger partial charge on any atom is -0.382 e. The van der Waals surface area contributed by atoms with Crippen LogP contribution in [0.15, 0.2) is 35.1 Å². The van der Waals surface area contributed by atoms with Crippen LogP contribution in [0.3, 0.4) is 0 Å². The van der Waals surface area contributed by atoms with E-state index in [4.69, 9.17) is 4.74 Å². The zero-order valence-corrected chi connectivity index (χ0v) is 11.5. The van der Waals surface area contributed by atoms with Gasteiger partial charge in [-0.05, 0) is 37.5 Å². The highest BCUT2D eigenvalue weighted by Gasteiger charge is 2.21. The van der Waals surface area contributed by atoms with E-state index in [0.29, 0.717) is 12.2 Å². The highest BCUT2D eigenvalue weighted by molar-refractivity contribution is 5.62. The van der Waals surface area contributed by atoms with E-state index in [2.05, 4.69) is 22.4 Å². The number of anilines is 1. The number of H-pyrrole nitrogens is 2. The van der Waals surface area contributed by atoms with Gasteiger partial charge in [0.1, 0.15) is 0 Å². The molecule has 1 saturated heterocycles. The summed E-state index contributed by atoms with van der Waals surface area (Å²) in [4.78, 5) is 11.1. The van der Waals surface area contributed by atoms with Crippen molar-refractivity contribution in [1.82, 2.24) is 10.2 Å². The van der Waals surface area contributed by atoms with Crippen molar-refractivity contribution in [3.05, 3.63) is 40.7 Å². The van der Waals surface area contributed by atoms with Crippen LogP contribution in [0.4, 0.5) is 5.69 Å². The van der Waals surface area contributed by atoms with Crippen LogP contribution in [0.1, 0.15) is 19.8 Å². The van der Waals surface area contributed by atoms with Crippen molar-refractivity contribution in [2.45, 2.75) is 32.0 Å². The van der Waals surface area contributed by atoms with Crippen LogP contribution in [0.5, 0.6) is 0 Å². The van der Waals surface area contributed by atoms with Crippen molar-refractivity contribution in [2.75, 3.05) is 11.9 Å². The lowest BCUT2D eigenvalue weighted by Gasteiger charge is -2.13. The molecule has 1 aliphatic rings. The summed E-state index contributed by atoms with van der Waals surface area (Å²) in [7, 11) is 0. The highest BCUT2D eigenvalue weighted by atomic mass is 16.5. The summed E-state index contributed by atoms with van der Waals surface area (Å²) < 4.78 is 5.77. The van der Waals surface area contributed by atoms with Gasteiger partial charge < -0.3 is 10.1 Å². The summed E-state index contributed by atoms with van der Waals surface area (Å²) in [5.74, 6) is 0. The summed E-state index contributed by atoms with van der Waals surface area (Å²) in [5, 5.41) is 8.77. The van der Waals surface area contributed by atoms with E-state index < -0.39 is 0 Å². The second-order valence-electron chi connectivity index (χ2n) is 5.28. The second-order valence-corrected chi connectivity index (χ2v) is 5.28. The van der Waals surface area contributed by atoms with Gasteiger partial charge in [0, 0.05) is 18.3 Å². The predicted octanol–water partition coefficient (Wildman–Crippen LogP) is 2.35. The lowest BCUT2D eigenvalue weighted by atomic mass is 10.1. The van der Waals surface area contributed by atoms with Crippen LogP contribution < -0.4 is 10.9 Å². The maximum atomic E-state index is 11.1. The third kappa shape index (κ3) is 2.93. The number of hydrogen-bond acceptors (Lipinski definition) is 3. The fraction of sp³-hybridized carbons (Fsp3) is 0.400. The minimum atomic E-state index is -0.116. The zero-order valence-electron chi connectivity index (χ0n) is 11.5. The molecule has 3 rings (SSSR count). The van der Waals surface area contributed by atoms with Crippen LogP contribution in [0, 0.1) is 0 Å². The molecule has 0 spiro atoms. The topological polar surface area (TPSA) is 69.9 Å². The molecule has 5 nitrogen and oxygen atoms in total. The first kappa shape index (κ1) is 13.0. The fourth-order valence-corrected chi connectivity index (χ4v) is 2.52. The van der Waals surface area contributed by atoms with E-state index in [1.54, 1.807) is 6.07 Å². The van der Waals surface area contributed by atoms with Crippen LogP contribution in [-0.4, -0.2) is 29.0 Å². The van der Waals surface area contributed by atoms with Crippen LogP contribution >= 0.6 is 0 Å². The molecule has 0 aliphatic carbocycles. The van der Waals surface area contributed by atoms with E-state index >= 15 is 0 Å². The molecule has 106 valence electrons. The fourth-order valence-electron chi connectivity index (χ4n) is 2.52. The van der Waals surface area contributed by atoms with Gasteiger partial charge in [0.2, 0.25) is 0 Å². The minimum absolute atomic E-state index is 0.116. The Morgan fingerprint density at radius 1 is 1.25 bits per heavy atom. The monoisotopic (exact) mass is 273 g/mol. The summed E-state index contributed by atoms with van der Waals surface area (Å²) >= 11 is 0. The average Bonchev–Trinajstić information content (AvgIpc) is 3.06. The Kier molecular flexibility index (Phi) is 3.60. The van der Waals surface area contributed by atoms with Crippen LogP contribution in [-0.2, 0) is 4.74 Å². The number of aromatic amines is 2. The normalized spacial score (nSPS) is 22.1. The molecule has 1 aromatic carbocycles. The van der Waals surface area contributed by atoms with Crippen LogP contribution in [0.25, 0.3) is 11.3 Å². The smallest absolute Gasteiger partial charge is 0.264 e. The van der Waals surface area contributed by atoms with Gasteiger partial charge in [0.15, 0.2) is 0 Å². The maximum absolute atomic E-state index is 11.1. The zero-order chi connectivity index (χ0) is 13.9. The summed E-state index contributed by atoms with van der Waals surface area (Å²) in [6.07, 6.45) is 2.96. The SMILES string of the molecule is CC1CCC(CNc2ccc(-c3cc(=O)[nH][nH]3)cc2)O1. The van der Waals surface area contributed by atoms with Crippen molar-refractivity contribution >= 4 is 5.69 Å². The molecular formula is C15H19N3O2. The van der Waals surface area contributed by atoms with E-state index in [1.807, 2.05) is 24.3 Å². The molecular weight excluding hydrogens is 254 g/mol. The summed E-state index contributed by atoms with van der Waals surface area (Å²) in [5.41, 5.74) is 2.73. The van der Waals surface area contributed by atoms with Gasteiger partial charge in [-0.3, -0.25) is 15.0 Å². The molecule has 20 heavy (non-hydrogen) atoms. The van der Waals surface area contributed by atoms with Gasteiger partial charge >= 0.3 is 0 Å². The molecule has 0 bridgehead atoms. The molecule has 5 heteroatoms. The van der Waals surface area contributed by atoms with E-state index in [0.717, 1.165) is 36.3 Å². The highest BCUT2D eigenvalue weighted by Crippen LogP contribution is 2.21. The van der Waals surface area contributed by atoms with Crippen molar-refractivity contribution in [3.63, 3.8) is 0 Å². The van der Waals surface area contributed by atoms with E-state index in [9.17, 15) is 4.79 Å². The van der Waals surface area contributed by atoms with Gasteiger partial charge in [0.05, 0.1) is 17.9 Å². The third-order valence-corrected chi connectivity index (χ3v) is 3.65. The first-order valence-electron chi connectivity index (χ1n) is 6.98. The Balaban J connectivity index is 1.60. The molecule has 1 aliphatic heterocycles. The maximum Gasteiger partial charge on any atom is 0.264 e. The van der Waals surface area contributed by atoms with Gasteiger partial charge in [-0.2, -0.15) is 0 Å². The molecule has 1 aromatic heterocycles. The lowest BCUT2D eigenvalue weighted by Crippen LogP contribution is -2.19. The molecule has 3 N–H and O–H groups in total. The number of benzene rings is 1. The molecule has 2 heterocycles. The molecule has 2 atom stereocenters. The number of rotatable bonds is 4. The molecule has 2 aromatic rings. The molecule has 0 saturated carbocycles. The third-order valence-electron chi connectivity index (χ3n) is 3.65. The first-order chi connectivity index (χ1) is 9.70. The van der Waals surface area contributed by atoms with E-state index in [-0.39, 0.29) is 5.56 Å². The predicted molar refractivity (Wildman–Crippen MR) is 78.9 cm³/mol. The summed E-state index contributed by atoms with van der Waals surface area (Å²) in [6, 6.07) is 9.55. The van der Waals surface area contributed by atoms with Gasteiger partial charge in [0.25, 0.3) is 5.56 Å². The Morgan fingerprint density at radius 3 is 2.65 bits per heavy atom. The Bertz CT molecular complexity index is 615. The summed E-state index contributed by atoms with van der Waals surface area (Å²) in [6.45, 7) is 2.96. The number of aromatic nitrogens is 2. The lowest BCUT2D eigenvalue weighted by molar-refractivity contribution is 0.0637. The number of nitrogens with one attached hydrogen (secondary N) is 3. The largest absolute Gasteiger partial charge is 0.382 e. The molecule has 0 radical (unpaired) electrons. The average molecular weight is 273 g/mol. The molecule has 0 amide bonds. The molecule has 1 fully saturated rings. The van der Waals surface area contributed by atoms with Crippen molar-refractivity contribution < 1.29 is 4.74 Å². The Labute approximate surface area is 117 Å². The first-order valence-corrected chi connectivity index (χ1v) is 6.98. The van der Waals surface area contributed by atoms with Gasteiger partial charge in [-0.25, -0.2) is 0 Å². The number of ether oxygens (including phenoxy) is 1. The second kappa shape index (κ2) is 5.54. The number of hydrogen-bond donors (Lipinski definition) is 3. The van der Waals surface area contributed by atoms with E-state index in [1.165, 1.54) is 0 Å².